The quantitative estimate of drug-likeness (QED) is 0.579. The number of rotatable bonds is 5. The van der Waals surface area contributed by atoms with Crippen molar-refractivity contribution in [1.82, 2.24) is 0 Å². The molecule has 1 saturated carbocycles. The van der Waals surface area contributed by atoms with Crippen LogP contribution in [0.1, 0.15) is 24.8 Å². The summed E-state index contributed by atoms with van der Waals surface area (Å²) in [5.74, 6) is 1.40. The molecule has 4 nitrogen and oxygen atoms in total. The predicted molar refractivity (Wildman–Crippen MR) is 63.1 cm³/mol. The molecule has 0 amide bonds. The van der Waals surface area contributed by atoms with Gasteiger partial charge >= 0.3 is 0 Å². The highest BCUT2D eigenvalue weighted by molar-refractivity contribution is 5.47. The van der Waals surface area contributed by atoms with Crippen LogP contribution < -0.4 is 9.47 Å². The number of ether oxygens (including phenoxy) is 2. The van der Waals surface area contributed by atoms with E-state index in [-0.39, 0.29) is 12.6 Å². The van der Waals surface area contributed by atoms with Gasteiger partial charge in [-0.05, 0) is 25.3 Å². The zero-order valence-electron chi connectivity index (χ0n) is 9.81. The van der Waals surface area contributed by atoms with Gasteiger partial charge in [0.15, 0.2) is 11.5 Å². The molecule has 0 saturated heterocycles. The van der Waals surface area contributed by atoms with Gasteiger partial charge in [0, 0.05) is 5.56 Å². The summed E-state index contributed by atoms with van der Waals surface area (Å²) < 4.78 is 11.2. The maximum Gasteiger partial charge on any atom is 0.235 e. The van der Waals surface area contributed by atoms with Crippen LogP contribution in [0.4, 0.5) is 0 Å². The van der Waals surface area contributed by atoms with E-state index in [4.69, 9.17) is 9.47 Å². The standard InChI is InChI=1S/C13H15NO3/c1-16-12-7-2-4-10(8-14-9-15)13(12)17-11-5-3-6-11/h2,4,7,11H,3,5-6,8H2,1H3. The van der Waals surface area contributed by atoms with Crippen molar-refractivity contribution in [3.8, 4) is 11.5 Å². The lowest BCUT2D eigenvalue weighted by atomic mass is 9.96. The third-order valence-corrected chi connectivity index (χ3v) is 2.93. The van der Waals surface area contributed by atoms with E-state index in [1.54, 1.807) is 13.2 Å². The van der Waals surface area contributed by atoms with Crippen molar-refractivity contribution in [3.63, 3.8) is 0 Å². The molecule has 0 unspecified atom stereocenters. The van der Waals surface area contributed by atoms with Gasteiger partial charge in [0.05, 0.1) is 19.8 Å². The summed E-state index contributed by atoms with van der Waals surface area (Å²) in [7, 11) is 1.61. The number of hydrogen-bond donors (Lipinski definition) is 0. The Morgan fingerprint density at radius 3 is 2.88 bits per heavy atom. The van der Waals surface area contributed by atoms with E-state index in [0.29, 0.717) is 11.5 Å². The van der Waals surface area contributed by atoms with Gasteiger partial charge in [0.1, 0.15) is 0 Å². The second-order valence-corrected chi connectivity index (χ2v) is 4.03. The van der Waals surface area contributed by atoms with Gasteiger partial charge < -0.3 is 9.47 Å². The Morgan fingerprint density at radius 2 is 2.29 bits per heavy atom. The molecule has 0 atom stereocenters. The number of isocyanates is 1. The number of methoxy groups -OCH3 is 1. The monoisotopic (exact) mass is 233 g/mol. The van der Waals surface area contributed by atoms with Gasteiger partial charge in [-0.25, -0.2) is 9.79 Å². The molecular formula is C13H15NO3. The van der Waals surface area contributed by atoms with Gasteiger partial charge in [-0.1, -0.05) is 12.1 Å². The third kappa shape index (κ3) is 2.66. The summed E-state index contributed by atoms with van der Waals surface area (Å²) >= 11 is 0. The second kappa shape index (κ2) is 5.51. The number of aliphatic imine (C=N–C) groups is 1. The van der Waals surface area contributed by atoms with E-state index in [9.17, 15) is 4.79 Å². The first-order valence-corrected chi connectivity index (χ1v) is 5.71. The zero-order chi connectivity index (χ0) is 12.1. The molecule has 1 aromatic carbocycles. The molecular weight excluding hydrogens is 218 g/mol. The van der Waals surface area contributed by atoms with Gasteiger partial charge in [0.2, 0.25) is 6.08 Å². The van der Waals surface area contributed by atoms with Crippen molar-refractivity contribution < 1.29 is 14.3 Å². The predicted octanol–water partition coefficient (Wildman–Crippen LogP) is 2.46. The Hall–Kier alpha value is -1.80. The third-order valence-electron chi connectivity index (χ3n) is 2.93. The fraction of sp³-hybridized carbons (Fsp3) is 0.462. The summed E-state index contributed by atoms with van der Waals surface area (Å²) in [6.07, 6.45) is 5.18. The lowest BCUT2D eigenvalue weighted by Gasteiger charge is -2.28. The van der Waals surface area contributed by atoms with Crippen LogP contribution in [0.15, 0.2) is 23.2 Å². The average molecular weight is 233 g/mol. The van der Waals surface area contributed by atoms with Crippen molar-refractivity contribution in [2.45, 2.75) is 31.9 Å². The summed E-state index contributed by atoms with van der Waals surface area (Å²) in [6.45, 7) is 0.281. The van der Waals surface area contributed by atoms with E-state index in [1.807, 2.05) is 18.2 Å². The lowest BCUT2D eigenvalue weighted by Crippen LogP contribution is -2.25. The summed E-state index contributed by atoms with van der Waals surface area (Å²) in [5, 5.41) is 0. The highest BCUT2D eigenvalue weighted by Crippen LogP contribution is 2.35. The molecule has 1 fully saturated rings. The molecule has 0 bridgehead atoms. The van der Waals surface area contributed by atoms with Gasteiger partial charge in [-0.2, -0.15) is 0 Å². The first kappa shape index (κ1) is 11.7. The Bertz CT molecular complexity index is 434. The molecule has 0 heterocycles. The number of carbonyl (C=O) groups excluding carboxylic acids is 1. The van der Waals surface area contributed by atoms with Crippen molar-refractivity contribution in [2.75, 3.05) is 7.11 Å². The van der Waals surface area contributed by atoms with Crippen LogP contribution >= 0.6 is 0 Å². The maximum absolute atomic E-state index is 10.2. The van der Waals surface area contributed by atoms with Crippen LogP contribution in [0, 0.1) is 0 Å². The number of para-hydroxylation sites is 1. The highest BCUT2D eigenvalue weighted by atomic mass is 16.5. The molecule has 2 rings (SSSR count). The van der Waals surface area contributed by atoms with E-state index >= 15 is 0 Å². The molecule has 0 radical (unpaired) electrons. The number of nitrogens with zero attached hydrogens (tertiary/aromatic N) is 1. The van der Waals surface area contributed by atoms with Crippen molar-refractivity contribution >= 4 is 6.08 Å². The van der Waals surface area contributed by atoms with E-state index < -0.39 is 0 Å². The Kier molecular flexibility index (Phi) is 3.78. The van der Waals surface area contributed by atoms with Crippen molar-refractivity contribution in [1.29, 1.82) is 0 Å². The van der Waals surface area contributed by atoms with Gasteiger partial charge in [-0.15, -0.1) is 0 Å². The fourth-order valence-electron chi connectivity index (χ4n) is 1.75. The summed E-state index contributed by atoms with van der Waals surface area (Å²) in [4.78, 5) is 13.8. The summed E-state index contributed by atoms with van der Waals surface area (Å²) in [5.41, 5.74) is 0.861. The topological polar surface area (TPSA) is 47.9 Å². The van der Waals surface area contributed by atoms with Crippen LogP contribution in [0.3, 0.4) is 0 Å². The number of hydrogen-bond acceptors (Lipinski definition) is 4. The molecule has 1 aromatic rings. The largest absolute Gasteiger partial charge is 0.493 e. The minimum Gasteiger partial charge on any atom is -0.493 e. The van der Waals surface area contributed by atoms with Crippen LogP contribution in [-0.4, -0.2) is 19.3 Å². The molecule has 0 aliphatic heterocycles. The normalized spacial score (nSPS) is 14.6. The lowest BCUT2D eigenvalue weighted by molar-refractivity contribution is 0.115. The van der Waals surface area contributed by atoms with E-state index in [1.165, 1.54) is 6.42 Å². The molecule has 1 aliphatic rings. The minimum atomic E-state index is 0.269. The first-order chi connectivity index (χ1) is 8.35. The molecule has 17 heavy (non-hydrogen) atoms. The Labute approximate surface area is 100 Å². The van der Waals surface area contributed by atoms with Crippen LogP contribution in [0.25, 0.3) is 0 Å². The first-order valence-electron chi connectivity index (χ1n) is 5.71. The van der Waals surface area contributed by atoms with Gasteiger partial charge in [0.25, 0.3) is 0 Å². The van der Waals surface area contributed by atoms with E-state index in [0.717, 1.165) is 18.4 Å². The van der Waals surface area contributed by atoms with Crippen molar-refractivity contribution in [3.05, 3.63) is 23.8 Å². The van der Waals surface area contributed by atoms with Crippen LogP contribution in [-0.2, 0) is 11.3 Å². The van der Waals surface area contributed by atoms with Crippen LogP contribution in [0.5, 0.6) is 11.5 Å². The summed E-state index contributed by atoms with van der Waals surface area (Å²) in [6, 6.07) is 5.60. The SMILES string of the molecule is COc1cccc(CN=C=O)c1OC1CCC1. The average Bonchev–Trinajstić information content (AvgIpc) is 2.31. The smallest absolute Gasteiger partial charge is 0.235 e. The molecule has 1 aliphatic carbocycles. The van der Waals surface area contributed by atoms with Crippen molar-refractivity contribution in [2.24, 2.45) is 4.99 Å². The number of benzene rings is 1. The molecule has 4 heteroatoms. The Balaban J connectivity index is 2.24. The fourth-order valence-corrected chi connectivity index (χ4v) is 1.75. The molecule has 90 valence electrons. The molecule has 0 spiro atoms. The van der Waals surface area contributed by atoms with E-state index in [2.05, 4.69) is 4.99 Å². The molecule has 0 N–H and O–H groups in total. The second-order valence-electron chi connectivity index (χ2n) is 4.03. The highest BCUT2D eigenvalue weighted by Gasteiger charge is 2.22. The Morgan fingerprint density at radius 1 is 1.47 bits per heavy atom. The molecule has 0 aromatic heterocycles. The zero-order valence-corrected chi connectivity index (χ0v) is 9.81. The van der Waals surface area contributed by atoms with Gasteiger partial charge in [-0.3, -0.25) is 0 Å². The van der Waals surface area contributed by atoms with Crippen LogP contribution in [0.2, 0.25) is 0 Å². The maximum atomic E-state index is 10.2. The minimum absolute atomic E-state index is 0.269.